The van der Waals surface area contributed by atoms with E-state index >= 15 is 0 Å². The van der Waals surface area contributed by atoms with E-state index in [1.54, 1.807) is 6.92 Å². The first-order valence-electron chi connectivity index (χ1n) is 8.32. The van der Waals surface area contributed by atoms with E-state index in [2.05, 4.69) is 17.4 Å². The number of hydrogen-bond acceptors (Lipinski definition) is 3. The van der Waals surface area contributed by atoms with E-state index in [1.807, 2.05) is 18.2 Å². The Hall–Kier alpha value is -2.56. The van der Waals surface area contributed by atoms with Crippen molar-refractivity contribution in [2.24, 2.45) is 0 Å². The number of carbonyl (C=O) groups is 2. The summed E-state index contributed by atoms with van der Waals surface area (Å²) in [4.78, 5) is 23.7. The van der Waals surface area contributed by atoms with E-state index in [4.69, 9.17) is 4.42 Å². The molecule has 2 N–H and O–H groups in total. The minimum absolute atomic E-state index is 0.0448. The standard InChI is InChI=1S/C19H21NO4/c1-2-16-14(19(22)23)11-17(24-16)18(21)20-15-10-6-9-13(15)12-7-4-3-5-8-12/h3-5,7-8,11,13,15H,2,6,9-10H2,1H3,(H,20,21)(H,22,23)/t13-,15+/m0/s1. The highest BCUT2D eigenvalue weighted by molar-refractivity contribution is 5.96. The van der Waals surface area contributed by atoms with Crippen molar-refractivity contribution in [2.45, 2.75) is 44.6 Å². The lowest BCUT2D eigenvalue weighted by atomic mass is 9.94. The molecule has 1 saturated carbocycles. The van der Waals surface area contributed by atoms with Crippen LogP contribution >= 0.6 is 0 Å². The van der Waals surface area contributed by atoms with Gasteiger partial charge in [-0.05, 0) is 18.4 Å². The number of amides is 1. The Bertz CT molecular complexity index is 735. The summed E-state index contributed by atoms with van der Waals surface area (Å²) in [6.45, 7) is 1.80. The SMILES string of the molecule is CCc1oc(C(=O)N[C@@H]2CCC[C@H]2c2ccccc2)cc1C(=O)O. The van der Waals surface area contributed by atoms with E-state index in [1.165, 1.54) is 11.6 Å². The van der Waals surface area contributed by atoms with Crippen molar-refractivity contribution in [3.05, 3.63) is 59.0 Å². The lowest BCUT2D eigenvalue weighted by Crippen LogP contribution is -2.36. The minimum atomic E-state index is -1.07. The number of hydrogen-bond donors (Lipinski definition) is 2. The third-order valence-corrected chi connectivity index (χ3v) is 4.64. The molecule has 24 heavy (non-hydrogen) atoms. The van der Waals surface area contributed by atoms with Gasteiger partial charge in [-0.25, -0.2) is 4.79 Å². The lowest BCUT2D eigenvalue weighted by molar-refractivity contribution is 0.0694. The largest absolute Gasteiger partial charge is 0.478 e. The van der Waals surface area contributed by atoms with Crippen molar-refractivity contribution in [3.8, 4) is 0 Å². The zero-order valence-corrected chi connectivity index (χ0v) is 13.6. The highest BCUT2D eigenvalue weighted by Crippen LogP contribution is 2.34. The van der Waals surface area contributed by atoms with Gasteiger partial charge in [-0.15, -0.1) is 0 Å². The summed E-state index contributed by atoms with van der Waals surface area (Å²) in [5.74, 6) is -0.723. The van der Waals surface area contributed by atoms with Crippen LogP contribution in [-0.4, -0.2) is 23.0 Å². The van der Waals surface area contributed by atoms with Crippen LogP contribution in [0.3, 0.4) is 0 Å². The lowest BCUT2D eigenvalue weighted by Gasteiger charge is -2.20. The van der Waals surface area contributed by atoms with Gasteiger partial charge in [0.2, 0.25) is 0 Å². The molecule has 1 aliphatic carbocycles. The van der Waals surface area contributed by atoms with Crippen molar-refractivity contribution >= 4 is 11.9 Å². The molecular formula is C19H21NO4. The van der Waals surface area contributed by atoms with E-state index in [9.17, 15) is 14.7 Å². The Morgan fingerprint density at radius 3 is 2.62 bits per heavy atom. The van der Waals surface area contributed by atoms with Crippen LogP contribution in [0, 0.1) is 0 Å². The average molecular weight is 327 g/mol. The van der Waals surface area contributed by atoms with E-state index in [0.717, 1.165) is 19.3 Å². The molecule has 0 saturated heterocycles. The molecule has 0 radical (unpaired) electrons. The first-order chi connectivity index (χ1) is 11.6. The molecule has 0 aliphatic heterocycles. The number of aryl methyl sites for hydroxylation is 1. The molecule has 1 amide bonds. The molecule has 2 aromatic rings. The molecule has 1 fully saturated rings. The third kappa shape index (κ3) is 3.20. The fourth-order valence-corrected chi connectivity index (χ4v) is 3.46. The first kappa shape index (κ1) is 16.3. The van der Waals surface area contributed by atoms with Crippen molar-refractivity contribution in [1.82, 2.24) is 5.32 Å². The molecule has 1 heterocycles. The maximum absolute atomic E-state index is 12.5. The molecule has 5 nitrogen and oxygen atoms in total. The molecule has 5 heteroatoms. The zero-order valence-electron chi connectivity index (χ0n) is 13.6. The van der Waals surface area contributed by atoms with Crippen LogP contribution in [0.25, 0.3) is 0 Å². The van der Waals surface area contributed by atoms with Gasteiger partial charge in [-0.3, -0.25) is 4.79 Å². The van der Waals surface area contributed by atoms with Crippen molar-refractivity contribution in [2.75, 3.05) is 0 Å². The summed E-state index contributed by atoms with van der Waals surface area (Å²) in [5, 5.41) is 12.2. The van der Waals surface area contributed by atoms with Crippen LogP contribution in [-0.2, 0) is 6.42 Å². The van der Waals surface area contributed by atoms with E-state index < -0.39 is 5.97 Å². The number of carbonyl (C=O) groups excluding carboxylic acids is 1. The molecule has 3 rings (SSSR count). The molecule has 1 aromatic heterocycles. The molecule has 1 aromatic carbocycles. The second-order valence-corrected chi connectivity index (χ2v) is 6.13. The fraction of sp³-hybridized carbons (Fsp3) is 0.368. The average Bonchev–Trinajstić information content (AvgIpc) is 3.22. The monoisotopic (exact) mass is 327 g/mol. The van der Waals surface area contributed by atoms with Gasteiger partial charge in [-0.2, -0.15) is 0 Å². The molecule has 0 unspecified atom stereocenters. The number of furan rings is 1. The maximum atomic E-state index is 12.5. The first-order valence-corrected chi connectivity index (χ1v) is 8.32. The van der Waals surface area contributed by atoms with Crippen LogP contribution in [0.4, 0.5) is 0 Å². The zero-order chi connectivity index (χ0) is 17.1. The quantitative estimate of drug-likeness (QED) is 0.879. The van der Waals surface area contributed by atoms with Crippen LogP contribution in [0.5, 0.6) is 0 Å². The van der Waals surface area contributed by atoms with E-state index in [-0.39, 0.29) is 29.2 Å². The van der Waals surface area contributed by atoms with Crippen LogP contribution in [0.1, 0.15) is 64.3 Å². The second kappa shape index (κ2) is 6.91. The van der Waals surface area contributed by atoms with Crippen LogP contribution in [0.2, 0.25) is 0 Å². The second-order valence-electron chi connectivity index (χ2n) is 6.13. The Morgan fingerprint density at radius 1 is 1.25 bits per heavy atom. The van der Waals surface area contributed by atoms with Crippen molar-refractivity contribution in [1.29, 1.82) is 0 Å². The van der Waals surface area contributed by atoms with Gasteiger partial charge in [0.15, 0.2) is 5.76 Å². The maximum Gasteiger partial charge on any atom is 0.339 e. The van der Waals surface area contributed by atoms with E-state index in [0.29, 0.717) is 12.2 Å². The van der Waals surface area contributed by atoms with Gasteiger partial charge >= 0.3 is 5.97 Å². The summed E-state index contributed by atoms with van der Waals surface area (Å²) >= 11 is 0. The highest BCUT2D eigenvalue weighted by Gasteiger charge is 2.31. The van der Waals surface area contributed by atoms with Gasteiger partial charge in [0.25, 0.3) is 5.91 Å². The van der Waals surface area contributed by atoms with Gasteiger partial charge in [0.05, 0.1) is 0 Å². The molecule has 126 valence electrons. The fourth-order valence-electron chi connectivity index (χ4n) is 3.46. The number of benzene rings is 1. The predicted octanol–water partition coefficient (Wildman–Crippen LogP) is 3.61. The smallest absolute Gasteiger partial charge is 0.339 e. The molecule has 1 aliphatic rings. The molecular weight excluding hydrogens is 306 g/mol. The van der Waals surface area contributed by atoms with Crippen molar-refractivity contribution in [3.63, 3.8) is 0 Å². The molecule has 0 bridgehead atoms. The van der Waals surface area contributed by atoms with Gasteiger partial charge < -0.3 is 14.8 Å². The summed E-state index contributed by atoms with van der Waals surface area (Å²) in [6, 6.07) is 11.5. The van der Waals surface area contributed by atoms with Gasteiger partial charge in [0, 0.05) is 24.4 Å². The Balaban J connectivity index is 1.76. The predicted molar refractivity (Wildman–Crippen MR) is 89.3 cm³/mol. The number of aromatic carboxylic acids is 1. The number of rotatable bonds is 5. The molecule has 2 atom stereocenters. The Morgan fingerprint density at radius 2 is 2.00 bits per heavy atom. The minimum Gasteiger partial charge on any atom is -0.478 e. The number of carboxylic acids is 1. The summed E-state index contributed by atoms with van der Waals surface area (Å²) in [7, 11) is 0. The highest BCUT2D eigenvalue weighted by atomic mass is 16.4. The Kier molecular flexibility index (Phi) is 4.69. The number of carboxylic acid groups (broad SMARTS) is 1. The van der Waals surface area contributed by atoms with Gasteiger partial charge in [-0.1, -0.05) is 43.7 Å². The normalized spacial score (nSPS) is 20.0. The Labute approximate surface area is 140 Å². The summed E-state index contributed by atoms with van der Waals surface area (Å²) in [6.07, 6.45) is 3.44. The van der Waals surface area contributed by atoms with Gasteiger partial charge in [0.1, 0.15) is 11.3 Å². The van der Waals surface area contributed by atoms with Crippen LogP contribution < -0.4 is 5.32 Å². The van der Waals surface area contributed by atoms with Crippen LogP contribution in [0.15, 0.2) is 40.8 Å². The summed E-state index contributed by atoms with van der Waals surface area (Å²) in [5.41, 5.74) is 1.29. The topological polar surface area (TPSA) is 79.5 Å². The van der Waals surface area contributed by atoms with Crippen molar-refractivity contribution < 1.29 is 19.1 Å². The molecule has 0 spiro atoms. The summed E-state index contributed by atoms with van der Waals surface area (Å²) < 4.78 is 5.45. The third-order valence-electron chi connectivity index (χ3n) is 4.64. The number of nitrogens with one attached hydrogen (secondary N) is 1.